The van der Waals surface area contributed by atoms with Crippen LogP contribution in [0.3, 0.4) is 0 Å². The van der Waals surface area contributed by atoms with Crippen molar-refractivity contribution in [3.63, 3.8) is 0 Å². The normalized spacial score (nSPS) is 12.3. The maximum Gasteiger partial charge on any atom is 0.224 e. The summed E-state index contributed by atoms with van der Waals surface area (Å²) in [6, 6.07) is 16.8. The van der Waals surface area contributed by atoms with E-state index in [4.69, 9.17) is 0 Å². The van der Waals surface area contributed by atoms with Gasteiger partial charge in [-0.3, -0.25) is 14.4 Å². The number of carbonyl (C=O) groups excluding carboxylic acids is 3. The Morgan fingerprint density at radius 3 is 2.05 bits per heavy atom. The van der Waals surface area contributed by atoms with E-state index in [9.17, 15) is 28.3 Å². The second-order valence-electron chi connectivity index (χ2n) is 9.83. The molecule has 218 valence electrons. The molecule has 0 bridgehead atoms. The van der Waals surface area contributed by atoms with E-state index in [1.54, 1.807) is 24.3 Å². The molecule has 0 aliphatic heterocycles. The van der Waals surface area contributed by atoms with Crippen LogP contribution in [0, 0.1) is 11.6 Å². The Labute approximate surface area is 238 Å². The summed E-state index contributed by atoms with van der Waals surface area (Å²) in [6.45, 7) is 4.07. The molecule has 0 heterocycles. The first-order valence-corrected chi connectivity index (χ1v) is 13.5. The lowest BCUT2D eigenvalue weighted by Crippen LogP contribution is -2.48. The number of rotatable bonds is 14. The lowest BCUT2D eigenvalue weighted by molar-refractivity contribution is -0.125. The highest BCUT2D eigenvalue weighted by molar-refractivity contribution is 5.94. The molecule has 3 aromatic carbocycles. The van der Waals surface area contributed by atoms with Gasteiger partial charge < -0.3 is 26.4 Å². The van der Waals surface area contributed by atoms with Crippen molar-refractivity contribution in [2.24, 2.45) is 0 Å². The van der Waals surface area contributed by atoms with Crippen LogP contribution in [0.1, 0.15) is 43.4 Å². The van der Waals surface area contributed by atoms with Crippen LogP contribution in [0.15, 0.2) is 66.7 Å². The van der Waals surface area contributed by atoms with E-state index in [2.05, 4.69) is 34.3 Å². The second kappa shape index (κ2) is 15.6. The highest BCUT2D eigenvalue weighted by Gasteiger charge is 2.23. The van der Waals surface area contributed by atoms with E-state index >= 15 is 0 Å². The van der Waals surface area contributed by atoms with Gasteiger partial charge in [0.05, 0.1) is 12.1 Å². The zero-order valence-corrected chi connectivity index (χ0v) is 23.2. The summed E-state index contributed by atoms with van der Waals surface area (Å²) >= 11 is 0. The maximum absolute atomic E-state index is 13.8. The van der Waals surface area contributed by atoms with Crippen LogP contribution in [0.5, 0.6) is 0 Å². The average molecular weight is 567 g/mol. The molecule has 0 aliphatic carbocycles. The Kier molecular flexibility index (Phi) is 11.9. The third-order valence-electron chi connectivity index (χ3n) is 6.34. The Balaban J connectivity index is 1.57. The largest absolute Gasteiger partial charge is 0.390 e. The van der Waals surface area contributed by atoms with E-state index in [-0.39, 0.29) is 37.3 Å². The molecular formula is C31H36F2N4O4. The summed E-state index contributed by atoms with van der Waals surface area (Å²) in [5.74, 6) is -2.60. The number of anilines is 2. The summed E-state index contributed by atoms with van der Waals surface area (Å²) in [5, 5.41) is 22.1. The predicted molar refractivity (Wildman–Crippen MR) is 154 cm³/mol. The molecule has 0 spiro atoms. The van der Waals surface area contributed by atoms with Gasteiger partial charge in [0, 0.05) is 50.3 Å². The van der Waals surface area contributed by atoms with Gasteiger partial charge in [0.25, 0.3) is 0 Å². The van der Waals surface area contributed by atoms with Crippen molar-refractivity contribution in [2.75, 3.05) is 17.2 Å². The van der Waals surface area contributed by atoms with Crippen LogP contribution in [0.25, 0.3) is 0 Å². The van der Waals surface area contributed by atoms with Crippen molar-refractivity contribution in [2.45, 2.75) is 58.2 Å². The molecular weight excluding hydrogens is 530 g/mol. The number of aliphatic hydroxyl groups is 1. The van der Waals surface area contributed by atoms with E-state index in [0.29, 0.717) is 17.9 Å². The van der Waals surface area contributed by atoms with Gasteiger partial charge in [-0.15, -0.1) is 0 Å². The quantitative estimate of drug-likeness (QED) is 0.202. The number of amides is 3. The fourth-order valence-electron chi connectivity index (χ4n) is 4.30. The number of carbonyl (C=O) groups is 3. The summed E-state index contributed by atoms with van der Waals surface area (Å²) in [4.78, 5) is 36.3. The Morgan fingerprint density at radius 1 is 0.805 bits per heavy atom. The molecule has 0 aliphatic rings. The van der Waals surface area contributed by atoms with Crippen molar-refractivity contribution in [1.82, 2.24) is 10.6 Å². The molecule has 3 amide bonds. The highest BCUT2D eigenvalue weighted by atomic mass is 19.1. The minimum Gasteiger partial charge on any atom is -0.390 e. The Morgan fingerprint density at radius 2 is 1.41 bits per heavy atom. The van der Waals surface area contributed by atoms with Crippen molar-refractivity contribution < 1.29 is 28.3 Å². The van der Waals surface area contributed by atoms with Gasteiger partial charge in [-0.05, 0) is 65.9 Å². The maximum atomic E-state index is 13.8. The van der Waals surface area contributed by atoms with Crippen molar-refractivity contribution in [3.05, 3.63) is 95.1 Å². The summed E-state index contributed by atoms with van der Waals surface area (Å²) in [5.41, 5.74) is 3.60. The van der Waals surface area contributed by atoms with Crippen LogP contribution in [-0.2, 0) is 33.8 Å². The first-order chi connectivity index (χ1) is 19.6. The molecule has 41 heavy (non-hydrogen) atoms. The highest BCUT2D eigenvalue weighted by Crippen LogP contribution is 2.15. The molecule has 5 N–H and O–H groups in total. The number of halogens is 2. The molecule has 0 saturated carbocycles. The summed E-state index contributed by atoms with van der Waals surface area (Å²) in [6.07, 6.45) is -0.467. The summed E-state index contributed by atoms with van der Waals surface area (Å²) < 4.78 is 27.6. The minimum absolute atomic E-state index is 0.0125. The number of nitrogens with one attached hydrogen (secondary N) is 4. The van der Waals surface area contributed by atoms with Gasteiger partial charge in [-0.25, -0.2) is 8.78 Å². The number of hydrogen-bond acceptors (Lipinski definition) is 5. The second-order valence-corrected chi connectivity index (χ2v) is 9.83. The van der Waals surface area contributed by atoms with Crippen molar-refractivity contribution >= 4 is 29.1 Å². The number of benzene rings is 3. The van der Waals surface area contributed by atoms with Gasteiger partial charge >= 0.3 is 0 Å². The standard InChI is InChI=1S/C31H36F2N4O4/c1-3-21-5-4-6-22(13-21)18-34-19-29(39)28(16-23-14-24(32)17-25(33)15-23)37-31(41)12-11-30(40)36-27-9-7-26(8-10-27)35-20(2)38/h4-10,13-15,17,28-29,34,39H,3,11-12,16,18-19H2,1-2H3,(H,35,38)(H,36,40)(H,37,41)/t28-,29+/m0/s1. The van der Waals surface area contributed by atoms with Gasteiger partial charge in [0.15, 0.2) is 0 Å². The Bertz CT molecular complexity index is 1310. The molecule has 10 heteroatoms. The molecule has 0 aromatic heterocycles. The molecule has 0 radical (unpaired) electrons. The third-order valence-corrected chi connectivity index (χ3v) is 6.34. The van der Waals surface area contributed by atoms with Crippen molar-refractivity contribution in [3.8, 4) is 0 Å². The molecule has 2 atom stereocenters. The van der Waals surface area contributed by atoms with Gasteiger partial charge in [0.2, 0.25) is 17.7 Å². The Hall–Kier alpha value is -4.15. The fourth-order valence-corrected chi connectivity index (χ4v) is 4.30. The van der Waals surface area contributed by atoms with E-state index in [1.807, 2.05) is 18.2 Å². The van der Waals surface area contributed by atoms with Crippen LogP contribution >= 0.6 is 0 Å². The van der Waals surface area contributed by atoms with Crippen LogP contribution in [0.2, 0.25) is 0 Å². The third kappa shape index (κ3) is 11.1. The zero-order valence-electron chi connectivity index (χ0n) is 23.2. The molecule has 3 rings (SSSR count). The molecule has 0 unspecified atom stereocenters. The van der Waals surface area contributed by atoms with Crippen LogP contribution < -0.4 is 21.3 Å². The lowest BCUT2D eigenvalue weighted by Gasteiger charge is -2.25. The average Bonchev–Trinajstić information content (AvgIpc) is 2.92. The number of aliphatic hydroxyl groups excluding tert-OH is 1. The lowest BCUT2D eigenvalue weighted by atomic mass is 10.00. The molecule has 3 aromatic rings. The van der Waals surface area contributed by atoms with E-state index in [1.165, 1.54) is 12.5 Å². The monoisotopic (exact) mass is 566 g/mol. The smallest absolute Gasteiger partial charge is 0.224 e. The van der Waals surface area contributed by atoms with Gasteiger partial charge in [0.1, 0.15) is 11.6 Å². The van der Waals surface area contributed by atoms with Gasteiger partial charge in [-0.1, -0.05) is 31.2 Å². The van der Waals surface area contributed by atoms with Crippen LogP contribution in [0.4, 0.5) is 20.2 Å². The first kappa shape index (κ1) is 31.4. The number of hydrogen-bond donors (Lipinski definition) is 5. The molecule has 0 saturated heterocycles. The minimum atomic E-state index is -1.07. The molecule has 0 fully saturated rings. The van der Waals surface area contributed by atoms with Crippen LogP contribution in [-0.4, -0.2) is 41.5 Å². The van der Waals surface area contributed by atoms with Crippen molar-refractivity contribution in [1.29, 1.82) is 0 Å². The topological polar surface area (TPSA) is 120 Å². The SMILES string of the molecule is CCc1cccc(CNC[C@@H](O)[C@H](Cc2cc(F)cc(F)c2)NC(=O)CCC(=O)Nc2ccc(NC(C)=O)cc2)c1. The predicted octanol–water partition coefficient (Wildman–Crippen LogP) is 4.08. The summed E-state index contributed by atoms with van der Waals surface area (Å²) in [7, 11) is 0. The van der Waals surface area contributed by atoms with E-state index in [0.717, 1.165) is 30.2 Å². The molecule has 8 nitrogen and oxygen atoms in total. The first-order valence-electron chi connectivity index (χ1n) is 13.5. The van der Waals surface area contributed by atoms with E-state index < -0.39 is 35.6 Å². The zero-order chi connectivity index (χ0) is 29.8. The number of aryl methyl sites for hydroxylation is 1. The van der Waals surface area contributed by atoms with Gasteiger partial charge in [-0.2, -0.15) is 0 Å². The fraction of sp³-hybridized carbons (Fsp3) is 0.323.